The number of hydrogen-bond acceptors (Lipinski definition) is 4. The highest BCUT2D eigenvalue weighted by Gasteiger charge is 2.07. The number of amides is 1. The Labute approximate surface area is 211 Å². The molecular formula is C29H57N3O2. The molecule has 0 aromatic heterocycles. The number of nitrogens with two attached hydrogens (primary N) is 1. The first-order chi connectivity index (χ1) is 16.6. The summed E-state index contributed by atoms with van der Waals surface area (Å²) >= 11 is 0. The van der Waals surface area contributed by atoms with Gasteiger partial charge in [-0.15, -0.1) is 0 Å². The first-order valence-electron chi connectivity index (χ1n) is 14.4. The smallest absolute Gasteiger partial charge is 0.220 e. The van der Waals surface area contributed by atoms with Crippen molar-refractivity contribution in [1.82, 2.24) is 10.2 Å². The van der Waals surface area contributed by atoms with E-state index in [0.29, 0.717) is 19.4 Å². The highest BCUT2D eigenvalue weighted by molar-refractivity contribution is 5.76. The van der Waals surface area contributed by atoms with Crippen LogP contribution in [0.2, 0.25) is 0 Å². The highest BCUT2D eigenvalue weighted by Crippen LogP contribution is 2.10. The summed E-state index contributed by atoms with van der Waals surface area (Å²) < 4.78 is 0. The second-order valence-electron chi connectivity index (χ2n) is 9.83. The van der Waals surface area contributed by atoms with Gasteiger partial charge in [0, 0.05) is 39.0 Å². The Bertz CT molecular complexity index is 494. The van der Waals surface area contributed by atoms with Crippen LogP contribution in [0.4, 0.5) is 0 Å². The van der Waals surface area contributed by atoms with E-state index in [1.165, 1.54) is 89.9 Å². The third kappa shape index (κ3) is 25.4. The largest absolute Gasteiger partial charge is 0.356 e. The molecule has 3 N–H and O–H groups in total. The van der Waals surface area contributed by atoms with Crippen molar-refractivity contribution >= 4 is 11.7 Å². The van der Waals surface area contributed by atoms with E-state index in [9.17, 15) is 9.59 Å². The average molecular weight is 480 g/mol. The summed E-state index contributed by atoms with van der Waals surface area (Å²) in [5.41, 5.74) is 5.64. The third-order valence-electron chi connectivity index (χ3n) is 6.36. The lowest BCUT2D eigenvalue weighted by atomic mass is 10.1. The molecule has 0 fully saturated rings. The Morgan fingerprint density at radius 1 is 0.706 bits per heavy atom. The summed E-state index contributed by atoms with van der Waals surface area (Å²) in [5, 5.41) is 3.05. The zero-order chi connectivity index (χ0) is 25.1. The standard InChI is InChI=1S/C29H57N3O2/c1-3-4-5-6-7-8-9-10-11-12-13-14-15-16-17-18-19-24-31-29(34)21-20-25-32(27-23-30)26-22-28(2)33/h11-12H,3-10,13-27,30H2,1-2H3,(H,31,34)/b12-11-. The molecule has 0 unspecified atom stereocenters. The lowest BCUT2D eigenvalue weighted by Crippen LogP contribution is -2.33. The Morgan fingerprint density at radius 2 is 1.26 bits per heavy atom. The van der Waals surface area contributed by atoms with Crippen molar-refractivity contribution in [2.45, 2.75) is 129 Å². The van der Waals surface area contributed by atoms with Crippen LogP contribution in [0.25, 0.3) is 0 Å². The van der Waals surface area contributed by atoms with Crippen molar-refractivity contribution in [2.24, 2.45) is 5.73 Å². The van der Waals surface area contributed by atoms with Crippen LogP contribution in [0.15, 0.2) is 12.2 Å². The van der Waals surface area contributed by atoms with Crippen molar-refractivity contribution in [3.8, 4) is 0 Å². The SMILES string of the molecule is CCCCCCCCC/C=C\CCCCCCCCNC(=O)CCCN(CCN)CCC(C)=O. The lowest BCUT2D eigenvalue weighted by molar-refractivity contribution is -0.121. The molecule has 0 atom stereocenters. The van der Waals surface area contributed by atoms with Crippen LogP contribution in [0, 0.1) is 0 Å². The molecule has 0 saturated heterocycles. The van der Waals surface area contributed by atoms with E-state index in [-0.39, 0.29) is 11.7 Å². The number of Topliss-reactive ketones (excluding diaryl/α,β-unsaturated/α-hetero) is 1. The molecule has 0 bridgehead atoms. The van der Waals surface area contributed by atoms with Crippen LogP contribution in [0.1, 0.15) is 129 Å². The molecule has 0 saturated carbocycles. The average Bonchev–Trinajstić information content (AvgIpc) is 2.81. The van der Waals surface area contributed by atoms with Gasteiger partial charge in [-0.2, -0.15) is 0 Å². The Balaban J connectivity index is 3.41. The summed E-state index contributed by atoms with van der Waals surface area (Å²) in [5.74, 6) is 0.341. The molecule has 1 amide bonds. The maximum absolute atomic E-state index is 12.0. The van der Waals surface area contributed by atoms with E-state index >= 15 is 0 Å². The molecule has 0 rings (SSSR count). The lowest BCUT2D eigenvalue weighted by Gasteiger charge is -2.20. The second kappa shape index (κ2) is 26.4. The van der Waals surface area contributed by atoms with Gasteiger partial charge in [0.05, 0.1) is 0 Å². The fraction of sp³-hybridized carbons (Fsp3) is 0.862. The summed E-state index contributed by atoms with van der Waals surface area (Å²) in [4.78, 5) is 25.3. The molecule has 200 valence electrons. The van der Waals surface area contributed by atoms with E-state index in [1.807, 2.05) is 0 Å². The van der Waals surface area contributed by atoms with Crippen LogP contribution >= 0.6 is 0 Å². The molecule has 5 nitrogen and oxygen atoms in total. The highest BCUT2D eigenvalue weighted by atomic mass is 16.1. The molecule has 0 aliphatic carbocycles. The van der Waals surface area contributed by atoms with Crippen LogP contribution in [0.5, 0.6) is 0 Å². The number of unbranched alkanes of at least 4 members (excludes halogenated alkanes) is 13. The van der Waals surface area contributed by atoms with E-state index in [1.54, 1.807) is 6.92 Å². The number of ketones is 1. The Morgan fingerprint density at radius 3 is 1.82 bits per heavy atom. The van der Waals surface area contributed by atoms with Crippen LogP contribution in [-0.4, -0.2) is 49.3 Å². The molecule has 5 heteroatoms. The zero-order valence-electron chi connectivity index (χ0n) is 22.8. The summed E-state index contributed by atoms with van der Waals surface area (Å²) in [7, 11) is 0. The Hall–Kier alpha value is -1.20. The van der Waals surface area contributed by atoms with Gasteiger partial charge in [0.15, 0.2) is 0 Å². The fourth-order valence-electron chi connectivity index (χ4n) is 4.16. The number of nitrogens with one attached hydrogen (secondary N) is 1. The molecule has 0 aliphatic heterocycles. The van der Waals surface area contributed by atoms with Gasteiger partial charge in [0.2, 0.25) is 5.91 Å². The molecule has 0 radical (unpaired) electrons. The summed E-state index contributed by atoms with van der Waals surface area (Å²) in [6.45, 7) is 7.61. The topological polar surface area (TPSA) is 75.4 Å². The summed E-state index contributed by atoms with van der Waals surface area (Å²) in [6.07, 6.45) is 26.4. The van der Waals surface area contributed by atoms with Gasteiger partial charge >= 0.3 is 0 Å². The monoisotopic (exact) mass is 479 g/mol. The molecule has 0 aliphatic rings. The van der Waals surface area contributed by atoms with Gasteiger partial charge in [-0.25, -0.2) is 0 Å². The van der Waals surface area contributed by atoms with Crippen molar-refractivity contribution in [2.75, 3.05) is 32.7 Å². The predicted octanol–water partition coefficient (Wildman–Crippen LogP) is 6.55. The van der Waals surface area contributed by atoms with E-state index in [4.69, 9.17) is 5.73 Å². The maximum Gasteiger partial charge on any atom is 0.220 e. The van der Waals surface area contributed by atoms with Crippen LogP contribution in [0.3, 0.4) is 0 Å². The predicted molar refractivity (Wildman–Crippen MR) is 147 cm³/mol. The minimum atomic E-state index is 0.141. The number of nitrogens with zero attached hydrogens (tertiary/aromatic N) is 1. The van der Waals surface area contributed by atoms with Crippen molar-refractivity contribution in [3.05, 3.63) is 12.2 Å². The maximum atomic E-state index is 12.0. The normalized spacial score (nSPS) is 11.5. The minimum Gasteiger partial charge on any atom is -0.356 e. The van der Waals surface area contributed by atoms with Gasteiger partial charge in [-0.3, -0.25) is 9.59 Å². The number of hydrogen-bond donors (Lipinski definition) is 2. The van der Waals surface area contributed by atoms with E-state index < -0.39 is 0 Å². The molecule has 0 aromatic rings. The fourth-order valence-corrected chi connectivity index (χ4v) is 4.16. The molecular weight excluding hydrogens is 422 g/mol. The summed E-state index contributed by atoms with van der Waals surface area (Å²) in [6, 6.07) is 0. The second-order valence-corrected chi connectivity index (χ2v) is 9.83. The third-order valence-corrected chi connectivity index (χ3v) is 6.36. The van der Waals surface area contributed by atoms with E-state index in [2.05, 4.69) is 29.3 Å². The van der Waals surface area contributed by atoms with Crippen LogP contribution < -0.4 is 11.1 Å². The van der Waals surface area contributed by atoms with Crippen molar-refractivity contribution < 1.29 is 9.59 Å². The number of rotatable bonds is 26. The van der Waals surface area contributed by atoms with Crippen LogP contribution in [-0.2, 0) is 9.59 Å². The van der Waals surface area contributed by atoms with Gasteiger partial charge in [0.25, 0.3) is 0 Å². The first kappa shape index (κ1) is 32.8. The van der Waals surface area contributed by atoms with Crippen molar-refractivity contribution in [3.63, 3.8) is 0 Å². The molecule has 0 spiro atoms. The zero-order valence-corrected chi connectivity index (χ0v) is 22.8. The minimum absolute atomic E-state index is 0.141. The molecule has 34 heavy (non-hydrogen) atoms. The van der Waals surface area contributed by atoms with Gasteiger partial charge in [-0.1, -0.05) is 83.3 Å². The first-order valence-corrected chi connectivity index (χ1v) is 14.4. The number of carbonyl (C=O) groups excluding carboxylic acids is 2. The van der Waals surface area contributed by atoms with Gasteiger partial charge in [0.1, 0.15) is 5.78 Å². The Kier molecular flexibility index (Phi) is 25.5. The number of allylic oxidation sites excluding steroid dienone is 2. The molecule has 0 heterocycles. The quantitative estimate of drug-likeness (QED) is 0.109. The van der Waals surface area contributed by atoms with Gasteiger partial charge < -0.3 is 16.0 Å². The van der Waals surface area contributed by atoms with E-state index in [0.717, 1.165) is 39.0 Å². The van der Waals surface area contributed by atoms with Gasteiger partial charge in [-0.05, 0) is 52.0 Å². The van der Waals surface area contributed by atoms with Crippen molar-refractivity contribution in [1.29, 1.82) is 0 Å². The number of carbonyl (C=O) groups is 2. The molecule has 0 aromatic carbocycles.